The zero-order chi connectivity index (χ0) is 14.9. The lowest BCUT2D eigenvalue weighted by Crippen LogP contribution is -2.22. The van der Waals surface area contributed by atoms with Crippen LogP contribution in [-0.2, 0) is 11.5 Å². The Morgan fingerprint density at radius 2 is 2.15 bits per heavy atom. The maximum atomic E-state index is 13.8. The summed E-state index contributed by atoms with van der Waals surface area (Å²) in [6.07, 6.45) is 1.31. The van der Waals surface area contributed by atoms with Crippen LogP contribution in [0, 0.1) is 5.82 Å². The molecule has 0 unspecified atom stereocenters. The molecule has 1 N–H and O–H groups in total. The molecule has 110 valence electrons. The maximum absolute atomic E-state index is 13.8. The summed E-state index contributed by atoms with van der Waals surface area (Å²) in [5, 5.41) is 9.65. The second-order valence-corrected chi connectivity index (χ2v) is 11.9. The lowest BCUT2D eigenvalue weighted by Gasteiger charge is -2.15. The van der Waals surface area contributed by atoms with Crippen LogP contribution in [0.2, 0.25) is 30.8 Å². The average molecular weight is 317 g/mol. The first kappa shape index (κ1) is 15.3. The van der Waals surface area contributed by atoms with E-state index in [0.717, 1.165) is 6.04 Å². The molecule has 2 aromatic rings. The number of rotatable bonds is 5. The highest BCUT2D eigenvalue weighted by Crippen LogP contribution is 2.28. The molecule has 0 saturated carbocycles. The molecule has 0 aliphatic heterocycles. The summed E-state index contributed by atoms with van der Waals surface area (Å²) in [7, 11) is -1.14. The standard InChI is InChI=1S/C13H18ClFN2O2Si/c1-20(2,3)5-4-19-8-17-7-10(15)9-6-11(18)12(14)16-13(9)17/h6-7,18H,4-5,8H2,1-3H3. The van der Waals surface area contributed by atoms with Crippen molar-refractivity contribution >= 4 is 30.7 Å². The van der Waals surface area contributed by atoms with Crippen molar-refractivity contribution in [2.75, 3.05) is 6.61 Å². The smallest absolute Gasteiger partial charge is 0.173 e. The number of hydrogen-bond acceptors (Lipinski definition) is 3. The Balaban J connectivity index is 2.13. The molecule has 0 bridgehead atoms. The van der Waals surface area contributed by atoms with Gasteiger partial charge >= 0.3 is 0 Å². The Morgan fingerprint density at radius 3 is 2.80 bits per heavy atom. The Kier molecular flexibility index (Phi) is 4.36. The van der Waals surface area contributed by atoms with E-state index in [1.807, 2.05) is 0 Å². The van der Waals surface area contributed by atoms with Crippen LogP contribution in [0.4, 0.5) is 4.39 Å². The first-order valence-corrected chi connectivity index (χ1v) is 10.5. The number of halogens is 2. The first-order chi connectivity index (χ1) is 9.28. The Hall–Kier alpha value is -1.11. The number of aromatic hydroxyl groups is 1. The van der Waals surface area contributed by atoms with Crippen molar-refractivity contribution in [2.24, 2.45) is 0 Å². The second kappa shape index (κ2) is 5.71. The van der Waals surface area contributed by atoms with Crippen LogP contribution in [0.25, 0.3) is 11.0 Å². The van der Waals surface area contributed by atoms with Crippen molar-refractivity contribution in [3.05, 3.63) is 23.2 Å². The Morgan fingerprint density at radius 1 is 1.45 bits per heavy atom. The molecular formula is C13H18ClFN2O2Si. The summed E-state index contributed by atoms with van der Waals surface area (Å²) in [5.74, 6) is -0.677. The molecule has 0 aliphatic carbocycles. The van der Waals surface area contributed by atoms with E-state index in [0.29, 0.717) is 12.3 Å². The molecule has 0 fully saturated rings. The number of ether oxygens (including phenoxy) is 1. The molecule has 0 aromatic carbocycles. The fourth-order valence-corrected chi connectivity index (χ4v) is 2.66. The molecule has 7 heteroatoms. The third-order valence-corrected chi connectivity index (χ3v) is 4.94. The van der Waals surface area contributed by atoms with Gasteiger partial charge in [0.2, 0.25) is 0 Å². The van der Waals surface area contributed by atoms with Crippen molar-refractivity contribution in [3.63, 3.8) is 0 Å². The van der Waals surface area contributed by atoms with Gasteiger partial charge in [-0.25, -0.2) is 9.37 Å². The molecule has 20 heavy (non-hydrogen) atoms. The van der Waals surface area contributed by atoms with Gasteiger partial charge in [0.05, 0.1) is 5.39 Å². The quantitative estimate of drug-likeness (QED) is 0.518. The SMILES string of the molecule is C[Si](C)(C)CCOCn1cc(F)c2cc(O)c(Cl)nc21. The number of aromatic nitrogens is 2. The van der Waals surface area contributed by atoms with Gasteiger partial charge in [-0.05, 0) is 12.1 Å². The van der Waals surface area contributed by atoms with Gasteiger partial charge in [0.25, 0.3) is 0 Å². The molecule has 0 atom stereocenters. The molecule has 0 aliphatic rings. The van der Waals surface area contributed by atoms with E-state index < -0.39 is 13.9 Å². The molecule has 0 saturated heterocycles. The van der Waals surface area contributed by atoms with E-state index in [4.69, 9.17) is 16.3 Å². The van der Waals surface area contributed by atoms with Crippen LogP contribution in [0.15, 0.2) is 12.3 Å². The molecule has 4 nitrogen and oxygen atoms in total. The van der Waals surface area contributed by atoms with Crippen molar-refractivity contribution in [1.29, 1.82) is 0 Å². The molecule has 2 aromatic heterocycles. The fraction of sp³-hybridized carbons (Fsp3) is 0.462. The molecule has 0 spiro atoms. The zero-order valence-electron chi connectivity index (χ0n) is 11.8. The number of nitrogens with zero attached hydrogens (tertiary/aromatic N) is 2. The minimum Gasteiger partial charge on any atom is -0.505 e. The summed E-state index contributed by atoms with van der Waals surface area (Å²) in [4.78, 5) is 3.99. The highest BCUT2D eigenvalue weighted by Gasteiger charge is 2.15. The molecular weight excluding hydrogens is 299 g/mol. The number of fused-ring (bicyclic) bond motifs is 1. The van der Waals surface area contributed by atoms with Crippen LogP contribution in [0.3, 0.4) is 0 Å². The first-order valence-electron chi connectivity index (χ1n) is 6.39. The Bertz CT molecular complexity index is 625. The number of pyridine rings is 1. The Labute approximate surface area is 123 Å². The maximum Gasteiger partial charge on any atom is 0.173 e. The topological polar surface area (TPSA) is 47.3 Å². The molecule has 0 radical (unpaired) electrons. The highest BCUT2D eigenvalue weighted by molar-refractivity contribution is 6.76. The third kappa shape index (κ3) is 3.50. The summed E-state index contributed by atoms with van der Waals surface area (Å²) in [6, 6.07) is 2.32. The van der Waals surface area contributed by atoms with Crippen molar-refractivity contribution in [2.45, 2.75) is 32.4 Å². The highest BCUT2D eigenvalue weighted by atomic mass is 35.5. The van der Waals surface area contributed by atoms with Crippen molar-refractivity contribution in [3.8, 4) is 5.75 Å². The van der Waals surface area contributed by atoms with Crippen molar-refractivity contribution in [1.82, 2.24) is 9.55 Å². The van der Waals surface area contributed by atoms with Gasteiger partial charge in [-0.3, -0.25) is 0 Å². The van der Waals surface area contributed by atoms with Crippen LogP contribution in [0.5, 0.6) is 5.75 Å². The lowest BCUT2D eigenvalue weighted by molar-refractivity contribution is 0.0895. The molecule has 2 heterocycles. The van der Waals surface area contributed by atoms with Gasteiger partial charge in [0.1, 0.15) is 12.4 Å². The van der Waals surface area contributed by atoms with E-state index in [9.17, 15) is 9.50 Å². The van der Waals surface area contributed by atoms with Gasteiger partial charge in [0, 0.05) is 20.9 Å². The van der Waals surface area contributed by atoms with E-state index in [1.54, 1.807) is 4.57 Å². The van der Waals surface area contributed by atoms with Crippen LogP contribution in [-0.4, -0.2) is 29.3 Å². The molecule has 0 amide bonds. The summed E-state index contributed by atoms with van der Waals surface area (Å²) in [5.41, 5.74) is 0.373. The predicted molar refractivity (Wildman–Crippen MR) is 80.5 cm³/mol. The monoisotopic (exact) mass is 316 g/mol. The second-order valence-electron chi connectivity index (χ2n) is 5.96. The van der Waals surface area contributed by atoms with E-state index in [-0.39, 0.29) is 23.0 Å². The van der Waals surface area contributed by atoms with E-state index in [2.05, 4.69) is 24.6 Å². The largest absolute Gasteiger partial charge is 0.505 e. The minimum atomic E-state index is -1.14. The van der Waals surface area contributed by atoms with Gasteiger partial charge in [-0.15, -0.1) is 0 Å². The zero-order valence-corrected chi connectivity index (χ0v) is 13.5. The summed E-state index contributed by atoms with van der Waals surface area (Å²) >= 11 is 5.76. The molecule has 2 rings (SSSR count). The van der Waals surface area contributed by atoms with Gasteiger partial charge in [-0.2, -0.15) is 0 Å². The number of hydrogen-bond donors (Lipinski definition) is 1. The normalized spacial score (nSPS) is 12.2. The van der Waals surface area contributed by atoms with Crippen molar-refractivity contribution < 1.29 is 14.2 Å². The minimum absolute atomic E-state index is 0.0426. The van der Waals surface area contributed by atoms with Gasteiger partial charge in [0.15, 0.2) is 16.7 Å². The third-order valence-electron chi connectivity index (χ3n) is 2.96. The van der Waals surface area contributed by atoms with E-state index >= 15 is 0 Å². The van der Waals surface area contributed by atoms with E-state index in [1.165, 1.54) is 12.3 Å². The fourth-order valence-electron chi connectivity index (χ4n) is 1.77. The lowest BCUT2D eigenvalue weighted by atomic mass is 10.3. The van der Waals surface area contributed by atoms with Crippen LogP contribution >= 0.6 is 11.6 Å². The predicted octanol–water partition coefficient (Wildman–Crippen LogP) is 3.85. The van der Waals surface area contributed by atoms with Crippen LogP contribution < -0.4 is 0 Å². The average Bonchev–Trinajstić information content (AvgIpc) is 2.62. The van der Waals surface area contributed by atoms with Gasteiger partial charge < -0.3 is 14.4 Å². The van der Waals surface area contributed by atoms with Crippen LogP contribution in [0.1, 0.15) is 0 Å². The summed E-state index contributed by atoms with van der Waals surface area (Å²) < 4.78 is 20.9. The summed E-state index contributed by atoms with van der Waals surface area (Å²) in [6.45, 7) is 7.67. The van der Waals surface area contributed by atoms with Gasteiger partial charge in [-0.1, -0.05) is 31.2 Å².